The van der Waals surface area contributed by atoms with Gasteiger partial charge < -0.3 is 21.5 Å². The van der Waals surface area contributed by atoms with Gasteiger partial charge in [-0.2, -0.15) is 0 Å². The summed E-state index contributed by atoms with van der Waals surface area (Å²) in [5.41, 5.74) is 15.1. The monoisotopic (exact) mass is 434 g/mol. The molecule has 1 aliphatic carbocycles. The van der Waals surface area contributed by atoms with Crippen LogP contribution in [0, 0.1) is 0 Å². The highest BCUT2D eigenvalue weighted by Gasteiger charge is 2.30. The first-order chi connectivity index (χ1) is 14.3. The lowest BCUT2D eigenvalue weighted by atomic mass is 9.90. The van der Waals surface area contributed by atoms with Crippen LogP contribution in [0.5, 0.6) is 0 Å². The van der Waals surface area contributed by atoms with Gasteiger partial charge in [-0.05, 0) is 38.7 Å². The van der Waals surface area contributed by atoms with Crippen molar-refractivity contribution in [2.45, 2.75) is 113 Å². The number of nitrogen functional groups attached to an aromatic ring is 1. The number of aromatic nitrogens is 1. The molecule has 2 heterocycles. The number of nitrogens with zero attached hydrogens (tertiary/aromatic N) is 2. The van der Waals surface area contributed by atoms with E-state index in [4.69, 9.17) is 16.5 Å². The van der Waals surface area contributed by atoms with E-state index in [0.717, 1.165) is 42.3 Å². The number of nitrogens with two attached hydrogens (primary N) is 2. The molecule has 1 aromatic rings. The predicted octanol–water partition coefficient (Wildman–Crippen LogP) is 5.24. The minimum atomic E-state index is -0.114. The average molecular weight is 435 g/mol. The average Bonchev–Trinajstić information content (AvgIpc) is 2.74. The highest BCUT2D eigenvalue weighted by molar-refractivity contribution is 8.00. The fourth-order valence-electron chi connectivity index (χ4n) is 4.89. The Morgan fingerprint density at radius 3 is 2.03 bits per heavy atom. The minimum absolute atomic E-state index is 0.0823. The molecule has 5 nitrogen and oxygen atoms in total. The fraction of sp³-hybridized carbons (Fsp3) is 0.792. The highest BCUT2D eigenvalue weighted by Crippen LogP contribution is 2.43. The molecule has 1 saturated carbocycles. The van der Waals surface area contributed by atoms with Gasteiger partial charge in [0.2, 0.25) is 0 Å². The molecule has 0 radical (unpaired) electrons. The Hall–Kier alpha value is -0.980. The van der Waals surface area contributed by atoms with E-state index in [0.29, 0.717) is 5.69 Å². The molecule has 2 fully saturated rings. The zero-order valence-corrected chi connectivity index (χ0v) is 19.9. The molecule has 2 aliphatic rings. The number of piperidine rings is 1. The molecule has 1 saturated heterocycles. The Kier molecular flexibility index (Phi) is 8.33. The van der Waals surface area contributed by atoms with Crippen LogP contribution in [0.4, 0.5) is 11.4 Å². The first-order valence-corrected chi connectivity index (χ1v) is 12.8. The summed E-state index contributed by atoms with van der Waals surface area (Å²) in [4.78, 5) is 7.13. The second-order valence-electron chi connectivity index (χ2n) is 10.0. The molecule has 0 unspecified atom stereocenters. The van der Waals surface area contributed by atoms with Crippen LogP contribution >= 0.6 is 11.8 Å². The predicted molar refractivity (Wildman–Crippen MR) is 129 cm³/mol. The summed E-state index contributed by atoms with van der Waals surface area (Å²) in [6.07, 6.45) is 15.0. The molecule has 0 spiro atoms. The third kappa shape index (κ3) is 6.51. The van der Waals surface area contributed by atoms with E-state index in [2.05, 4.69) is 18.7 Å². The van der Waals surface area contributed by atoms with Crippen molar-refractivity contribution in [1.82, 2.24) is 4.98 Å². The first-order valence-electron chi connectivity index (χ1n) is 12.0. The number of hydrogen-bond donors (Lipinski definition) is 3. The second-order valence-corrected chi connectivity index (χ2v) is 11.6. The molecular formula is C24H42N4OS. The molecule has 0 bridgehead atoms. The molecule has 30 heavy (non-hydrogen) atoms. The quantitative estimate of drug-likeness (QED) is 0.600. The van der Waals surface area contributed by atoms with E-state index >= 15 is 0 Å². The van der Waals surface area contributed by atoms with Crippen LogP contribution in [0.3, 0.4) is 0 Å². The van der Waals surface area contributed by atoms with Crippen LogP contribution in [0.25, 0.3) is 0 Å². The van der Waals surface area contributed by atoms with Crippen molar-refractivity contribution in [2.24, 2.45) is 5.73 Å². The van der Waals surface area contributed by atoms with Crippen molar-refractivity contribution in [3.8, 4) is 0 Å². The van der Waals surface area contributed by atoms with Crippen LogP contribution < -0.4 is 16.4 Å². The number of aliphatic hydroxyl groups excluding tert-OH is 1. The van der Waals surface area contributed by atoms with Gasteiger partial charge in [0.25, 0.3) is 0 Å². The van der Waals surface area contributed by atoms with Crippen molar-refractivity contribution < 1.29 is 5.11 Å². The summed E-state index contributed by atoms with van der Waals surface area (Å²) >= 11 is 1.87. The van der Waals surface area contributed by atoms with E-state index in [1.165, 1.54) is 64.2 Å². The van der Waals surface area contributed by atoms with Gasteiger partial charge in [0, 0.05) is 23.4 Å². The van der Waals surface area contributed by atoms with Crippen molar-refractivity contribution in [3.05, 3.63) is 11.8 Å². The van der Waals surface area contributed by atoms with Gasteiger partial charge in [0.05, 0.1) is 28.7 Å². The fourth-order valence-corrected chi connectivity index (χ4v) is 6.23. The number of rotatable bonds is 4. The number of thioether (sulfide) groups is 1. The lowest BCUT2D eigenvalue weighted by Crippen LogP contribution is -2.48. The third-order valence-electron chi connectivity index (χ3n) is 6.95. The largest absolute Gasteiger partial charge is 0.397 e. The summed E-state index contributed by atoms with van der Waals surface area (Å²) in [7, 11) is 0. The van der Waals surface area contributed by atoms with Crippen LogP contribution in [0.15, 0.2) is 11.1 Å². The van der Waals surface area contributed by atoms with Gasteiger partial charge in [-0.3, -0.25) is 0 Å². The molecule has 1 aromatic heterocycles. The normalized spacial score (nSPS) is 23.0. The van der Waals surface area contributed by atoms with Gasteiger partial charge in [-0.1, -0.05) is 70.1 Å². The Balaban J connectivity index is 1.76. The maximum absolute atomic E-state index is 10.1. The van der Waals surface area contributed by atoms with Gasteiger partial charge >= 0.3 is 0 Å². The third-order valence-corrected chi connectivity index (χ3v) is 8.27. The van der Waals surface area contributed by atoms with Crippen molar-refractivity contribution in [1.29, 1.82) is 0 Å². The minimum Gasteiger partial charge on any atom is -0.397 e. The van der Waals surface area contributed by atoms with E-state index in [-0.39, 0.29) is 16.9 Å². The van der Waals surface area contributed by atoms with E-state index < -0.39 is 0 Å². The number of anilines is 2. The Bertz CT molecular complexity index is 672. The zero-order chi connectivity index (χ0) is 21.6. The van der Waals surface area contributed by atoms with E-state index in [1.54, 1.807) is 0 Å². The van der Waals surface area contributed by atoms with Crippen LogP contribution in [-0.4, -0.2) is 33.5 Å². The molecule has 5 N–H and O–H groups in total. The smallest absolute Gasteiger partial charge is 0.0991 e. The molecule has 1 aliphatic heterocycles. The van der Waals surface area contributed by atoms with Gasteiger partial charge in [0.1, 0.15) is 0 Å². The summed E-state index contributed by atoms with van der Waals surface area (Å²) in [6.45, 7) is 6.14. The molecule has 0 aromatic carbocycles. The molecule has 170 valence electrons. The maximum Gasteiger partial charge on any atom is 0.0991 e. The van der Waals surface area contributed by atoms with Crippen molar-refractivity contribution >= 4 is 23.1 Å². The summed E-state index contributed by atoms with van der Waals surface area (Å²) < 4.78 is 0.185. The van der Waals surface area contributed by atoms with Crippen LogP contribution in [0.1, 0.15) is 96.6 Å². The Morgan fingerprint density at radius 2 is 1.50 bits per heavy atom. The first kappa shape index (κ1) is 23.7. The molecule has 3 rings (SSSR count). The molecule has 0 atom stereocenters. The SMILES string of the molecule is CC1(N)CCN(c2c(N)cc(SC3(C)CCCCCCCCCC3)nc2CO)CC1. The standard InChI is InChI=1S/C24H42N4OS/c1-23(26)13-15-28(16-14-23)22-19(25)17-21(27-20(22)18-29)30-24(2)11-9-7-5-3-4-6-8-10-12-24/h17,29H,3-16,18,26H2,1-2H3,(H2,25,27). The number of hydrogen-bond acceptors (Lipinski definition) is 6. The Labute approximate surface area is 187 Å². The highest BCUT2D eigenvalue weighted by atomic mass is 32.2. The lowest BCUT2D eigenvalue weighted by molar-refractivity contribution is 0.275. The molecule has 0 amide bonds. The zero-order valence-electron chi connectivity index (χ0n) is 19.1. The number of pyridine rings is 1. The number of aliphatic hydroxyl groups is 1. The second kappa shape index (κ2) is 10.6. The van der Waals surface area contributed by atoms with E-state index in [9.17, 15) is 5.11 Å². The van der Waals surface area contributed by atoms with Crippen LogP contribution in [0.2, 0.25) is 0 Å². The summed E-state index contributed by atoms with van der Waals surface area (Å²) in [5, 5.41) is 11.0. The van der Waals surface area contributed by atoms with Crippen molar-refractivity contribution in [2.75, 3.05) is 23.7 Å². The lowest BCUT2D eigenvalue weighted by Gasteiger charge is -2.39. The summed E-state index contributed by atoms with van der Waals surface area (Å²) in [6, 6.07) is 2.03. The topological polar surface area (TPSA) is 88.4 Å². The van der Waals surface area contributed by atoms with Gasteiger partial charge in [-0.25, -0.2) is 4.98 Å². The van der Waals surface area contributed by atoms with Gasteiger partial charge in [0.15, 0.2) is 0 Å². The van der Waals surface area contributed by atoms with Crippen molar-refractivity contribution in [3.63, 3.8) is 0 Å². The van der Waals surface area contributed by atoms with Crippen LogP contribution in [-0.2, 0) is 6.61 Å². The maximum atomic E-state index is 10.1. The molecular weight excluding hydrogens is 392 g/mol. The van der Waals surface area contributed by atoms with Gasteiger partial charge in [-0.15, -0.1) is 0 Å². The van der Waals surface area contributed by atoms with E-state index in [1.807, 2.05) is 17.8 Å². The molecule has 6 heteroatoms. The summed E-state index contributed by atoms with van der Waals surface area (Å²) in [5.74, 6) is 0. The Morgan fingerprint density at radius 1 is 0.967 bits per heavy atom.